The number of H-pyrrole nitrogens is 1. The Kier molecular flexibility index (Phi) is 4.66. The first-order valence-corrected chi connectivity index (χ1v) is 7.89. The first kappa shape index (κ1) is 15.9. The zero-order valence-corrected chi connectivity index (χ0v) is 13.5. The van der Waals surface area contributed by atoms with Gasteiger partial charge in [0.15, 0.2) is 0 Å². The van der Waals surface area contributed by atoms with E-state index < -0.39 is 0 Å². The third-order valence-corrected chi connectivity index (χ3v) is 4.06. The predicted molar refractivity (Wildman–Crippen MR) is 94.8 cm³/mol. The number of phenols is 2. The van der Waals surface area contributed by atoms with Crippen molar-refractivity contribution in [2.45, 2.75) is 19.8 Å². The zero-order valence-electron chi connectivity index (χ0n) is 13.5. The summed E-state index contributed by atoms with van der Waals surface area (Å²) in [6.07, 6.45) is 5.30. The Morgan fingerprint density at radius 2 is 1.46 bits per heavy atom. The molecule has 0 atom stereocenters. The fourth-order valence-corrected chi connectivity index (χ4v) is 2.78. The van der Waals surface area contributed by atoms with E-state index in [0.29, 0.717) is 0 Å². The van der Waals surface area contributed by atoms with E-state index >= 15 is 0 Å². The van der Waals surface area contributed by atoms with Crippen molar-refractivity contribution in [1.29, 1.82) is 0 Å². The van der Waals surface area contributed by atoms with Gasteiger partial charge in [0.1, 0.15) is 11.5 Å². The second-order valence-electron chi connectivity index (χ2n) is 5.83. The molecule has 3 N–H and O–H groups in total. The maximum Gasteiger partial charge on any atom is 0.115 e. The lowest BCUT2D eigenvalue weighted by Gasteiger charge is -2.14. The summed E-state index contributed by atoms with van der Waals surface area (Å²) in [6, 6.07) is 14.4. The van der Waals surface area contributed by atoms with Crippen molar-refractivity contribution in [3.05, 3.63) is 83.4 Å². The van der Waals surface area contributed by atoms with E-state index in [1.54, 1.807) is 30.6 Å². The van der Waals surface area contributed by atoms with E-state index in [0.717, 1.165) is 35.2 Å². The molecule has 0 radical (unpaired) electrons. The Balaban J connectivity index is 1.98. The number of hydrogen-bond acceptors (Lipinski definition) is 3. The van der Waals surface area contributed by atoms with Crippen LogP contribution in [-0.2, 0) is 6.42 Å². The average molecular weight is 320 g/mol. The Hall–Kier alpha value is -3.01. The van der Waals surface area contributed by atoms with Crippen molar-refractivity contribution in [1.82, 2.24) is 9.97 Å². The highest BCUT2D eigenvalue weighted by Crippen LogP contribution is 2.30. The molecule has 1 aromatic heterocycles. The Labute approximate surface area is 141 Å². The van der Waals surface area contributed by atoms with Gasteiger partial charge in [-0.3, -0.25) is 0 Å². The Bertz CT molecular complexity index is 770. The van der Waals surface area contributed by atoms with Crippen molar-refractivity contribution in [2.75, 3.05) is 0 Å². The van der Waals surface area contributed by atoms with Gasteiger partial charge in [-0.15, -0.1) is 0 Å². The monoisotopic (exact) mass is 320 g/mol. The highest BCUT2D eigenvalue weighted by Gasteiger charge is 2.10. The molecule has 2 aromatic carbocycles. The number of aromatic nitrogens is 2. The van der Waals surface area contributed by atoms with Crippen LogP contribution in [0.1, 0.15) is 30.2 Å². The Morgan fingerprint density at radius 1 is 0.917 bits per heavy atom. The molecule has 0 bridgehead atoms. The second-order valence-corrected chi connectivity index (χ2v) is 5.83. The summed E-state index contributed by atoms with van der Waals surface area (Å²) in [5.41, 5.74) is 5.54. The molecule has 0 amide bonds. The highest BCUT2D eigenvalue weighted by atomic mass is 16.3. The summed E-state index contributed by atoms with van der Waals surface area (Å²) in [5.74, 6) is 0.498. The average Bonchev–Trinajstić information content (AvgIpc) is 3.10. The number of hydrogen-bond donors (Lipinski definition) is 3. The topological polar surface area (TPSA) is 69.1 Å². The van der Waals surface area contributed by atoms with Crippen LogP contribution >= 0.6 is 0 Å². The lowest BCUT2D eigenvalue weighted by Crippen LogP contribution is -1.95. The summed E-state index contributed by atoms with van der Waals surface area (Å²) in [7, 11) is 0. The second kappa shape index (κ2) is 7.04. The molecule has 4 heteroatoms. The van der Waals surface area contributed by atoms with Crippen molar-refractivity contribution in [3.63, 3.8) is 0 Å². The van der Waals surface area contributed by atoms with Crippen LogP contribution in [0.3, 0.4) is 0 Å². The minimum atomic E-state index is 0.249. The molecule has 0 fully saturated rings. The summed E-state index contributed by atoms with van der Waals surface area (Å²) in [6.45, 7) is 2.12. The van der Waals surface area contributed by atoms with Gasteiger partial charge in [-0.2, -0.15) is 0 Å². The molecule has 0 aliphatic carbocycles. The molecule has 0 saturated carbocycles. The van der Waals surface area contributed by atoms with Gasteiger partial charge in [0.05, 0.1) is 6.33 Å². The number of benzene rings is 2. The van der Waals surface area contributed by atoms with Gasteiger partial charge in [-0.05, 0) is 60.7 Å². The molecular weight excluding hydrogens is 300 g/mol. The number of rotatable bonds is 5. The van der Waals surface area contributed by atoms with Crippen LogP contribution in [0, 0.1) is 0 Å². The molecule has 0 spiro atoms. The van der Waals surface area contributed by atoms with Gasteiger partial charge in [0, 0.05) is 11.9 Å². The van der Waals surface area contributed by atoms with Gasteiger partial charge in [0.2, 0.25) is 0 Å². The fourth-order valence-electron chi connectivity index (χ4n) is 2.78. The summed E-state index contributed by atoms with van der Waals surface area (Å²) < 4.78 is 0. The number of allylic oxidation sites excluding steroid dienone is 1. The summed E-state index contributed by atoms with van der Waals surface area (Å²) in [5, 5.41) is 19.1. The third kappa shape index (κ3) is 3.66. The van der Waals surface area contributed by atoms with Crippen LogP contribution < -0.4 is 0 Å². The normalized spacial score (nSPS) is 10.5. The number of imidazole rings is 1. The van der Waals surface area contributed by atoms with Gasteiger partial charge in [0.25, 0.3) is 0 Å². The minimum Gasteiger partial charge on any atom is -0.508 e. The van der Waals surface area contributed by atoms with Crippen LogP contribution in [0.15, 0.2) is 66.6 Å². The molecule has 122 valence electrons. The van der Waals surface area contributed by atoms with Crippen LogP contribution in [0.2, 0.25) is 0 Å². The molecule has 4 nitrogen and oxygen atoms in total. The quantitative estimate of drug-likeness (QED) is 0.657. The molecule has 0 aliphatic rings. The van der Waals surface area contributed by atoms with E-state index in [1.807, 2.05) is 30.5 Å². The standard InChI is InChI=1S/C20H20N2O2/c1-14(2-7-17-12-21-13-22-17)20(15-3-8-18(23)9-4-15)16-5-10-19(24)11-6-16/h3-6,8-13,23-24H,2,7H2,1H3,(H,21,22). The van der Waals surface area contributed by atoms with Gasteiger partial charge in [-0.1, -0.05) is 29.8 Å². The van der Waals surface area contributed by atoms with E-state index in [4.69, 9.17) is 0 Å². The maximum absolute atomic E-state index is 9.55. The molecular formula is C20H20N2O2. The van der Waals surface area contributed by atoms with Crippen LogP contribution in [0.25, 0.3) is 5.57 Å². The molecule has 3 rings (SSSR count). The first-order chi connectivity index (χ1) is 11.6. The van der Waals surface area contributed by atoms with E-state index in [-0.39, 0.29) is 11.5 Å². The lowest BCUT2D eigenvalue weighted by atomic mass is 9.91. The van der Waals surface area contributed by atoms with Crippen LogP contribution in [-0.4, -0.2) is 20.2 Å². The first-order valence-electron chi connectivity index (χ1n) is 7.89. The number of phenolic OH excluding ortho intramolecular Hbond substituents is 2. The predicted octanol–water partition coefficient (Wildman–Crippen LogP) is 4.28. The third-order valence-electron chi connectivity index (χ3n) is 4.06. The van der Waals surface area contributed by atoms with E-state index in [9.17, 15) is 10.2 Å². The lowest BCUT2D eigenvalue weighted by molar-refractivity contribution is 0.475. The van der Waals surface area contributed by atoms with Gasteiger partial charge in [-0.25, -0.2) is 4.98 Å². The highest BCUT2D eigenvalue weighted by molar-refractivity contribution is 5.82. The smallest absolute Gasteiger partial charge is 0.115 e. The van der Waals surface area contributed by atoms with Crippen molar-refractivity contribution in [2.24, 2.45) is 0 Å². The van der Waals surface area contributed by atoms with Crippen LogP contribution in [0.4, 0.5) is 0 Å². The van der Waals surface area contributed by atoms with Crippen molar-refractivity contribution >= 4 is 5.57 Å². The largest absolute Gasteiger partial charge is 0.508 e. The summed E-state index contributed by atoms with van der Waals surface area (Å²) in [4.78, 5) is 7.18. The summed E-state index contributed by atoms with van der Waals surface area (Å²) >= 11 is 0. The number of aromatic amines is 1. The van der Waals surface area contributed by atoms with Crippen molar-refractivity contribution in [3.8, 4) is 11.5 Å². The Morgan fingerprint density at radius 3 is 1.92 bits per heavy atom. The minimum absolute atomic E-state index is 0.249. The number of aryl methyl sites for hydroxylation is 1. The van der Waals surface area contributed by atoms with Crippen LogP contribution in [0.5, 0.6) is 11.5 Å². The maximum atomic E-state index is 9.55. The molecule has 3 aromatic rings. The molecule has 0 unspecified atom stereocenters. The fraction of sp³-hybridized carbons (Fsp3) is 0.150. The SMILES string of the molecule is CC(CCc1cnc[nH]1)=C(c1ccc(O)cc1)c1ccc(O)cc1. The molecule has 0 aliphatic heterocycles. The molecule has 0 saturated heterocycles. The van der Waals surface area contributed by atoms with Gasteiger partial charge >= 0.3 is 0 Å². The molecule has 1 heterocycles. The number of aromatic hydroxyl groups is 2. The van der Waals surface area contributed by atoms with Crippen molar-refractivity contribution < 1.29 is 10.2 Å². The van der Waals surface area contributed by atoms with E-state index in [1.165, 1.54) is 5.57 Å². The number of nitrogens with zero attached hydrogens (tertiary/aromatic N) is 1. The molecule has 24 heavy (non-hydrogen) atoms. The zero-order chi connectivity index (χ0) is 16.9. The van der Waals surface area contributed by atoms with Gasteiger partial charge < -0.3 is 15.2 Å². The number of nitrogens with one attached hydrogen (secondary N) is 1. The van der Waals surface area contributed by atoms with E-state index in [2.05, 4.69) is 16.9 Å².